The molecule has 2 N–H and O–H groups in total. The van der Waals surface area contributed by atoms with Crippen molar-refractivity contribution in [3.8, 4) is 0 Å². The summed E-state index contributed by atoms with van der Waals surface area (Å²) >= 11 is 0. The summed E-state index contributed by atoms with van der Waals surface area (Å²) < 4.78 is 0. The van der Waals surface area contributed by atoms with Gasteiger partial charge in [-0.1, -0.05) is 12.8 Å². The average molecular weight is 229 g/mol. The Hall–Kier alpha value is -0.610. The first-order chi connectivity index (χ1) is 7.34. The van der Waals surface area contributed by atoms with Crippen LogP contribution >= 0.6 is 0 Å². The first-order valence-corrected chi connectivity index (χ1v) is 5.96. The molecule has 1 aliphatic rings. The lowest BCUT2D eigenvalue weighted by molar-refractivity contribution is -0.148. The summed E-state index contributed by atoms with van der Waals surface area (Å²) in [6.07, 6.45) is 3.70. The quantitative estimate of drug-likeness (QED) is 0.763. The third-order valence-corrected chi connectivity index (χ3v) is 3.48. The van der Waals surface area contributed by atoms with Gasteiger partial charge in [0.1, 0.15) is 0 Å². The van der Waals surface area contributed by atoms with Gasteiger partial charge in [0.15, 0.2) is 0 Å². The number of hydrogen-bond donors (Lipinski definition) is 2. The Balaban J connectivity index is 2.57. The highest BCUT2D eigenvalue weighted by Gasteiger charge is 2.33. The SMILES string of the molecule is CN(CC(C)(C)C(=O)O)C1CCCCC1O. The molecule has 0 saturated heterocycles. The van der Waals surface area contributed by atoms with Crippen LogP contribution in [-0.4, -0.2) is 46.8 Å². The third kappa shape index (κ3) is 3.19. The van der Waals surface area contributed by atoms with Crippen LogP contribution in [0.4, 0.5) is 0 Å². The Morgan fingerprint density at radius 2 is 1.94 bits per heavy atom. The van der Waals surface area contributed by atoms with Crippen molar-refractivity contribution < 1.29 is 15.0 Å². The molecule has 1 fully saturated rings. The van der Waals surface area contributed by atoms with E-state index in [2.05, 4.69) is 0 Å². The van der Waals surface area contributed by atoms with Crippen molar-refractivity contribution in [1.29, 1.82) is 0 Å². The van der Waals surface area contributed by atoms with E-state index in [4.69, 9.17) is 5.11 Å². The molecule has 94 valence electrons. The van der Waals surface area contributed by atoms with Crippen LogP contribution in [0.3, 0.4) is 0 Å². The molecular weight excluding hydrogens is 206 g/mol. The van der Waals surface area contributed by atoms with Crippen molar-refractivity contribution in [3.05, 3.63) is 0 Å². The molecular formula is C12H23NO3. The van der Waals surface area contributed by atoms with Crippen LogP contribution in [0, 0.1) is 5.41 Å². The van der Waals surface area contributed by atoms with Gasteiger partial charge in [-0.25, -0.2) is 0 Å². The third-order valence-electron chi connectivity index (χ3n) is 3.48. The molecule has 0 aliphatic heterocycles. The Kier molecular flexibility index (Phi) is 4.33. The highest BCUT2D eigenvalue weighted by atomic mass is 16.4. The normalized spacial score (nSPS) is 27.1. The van der Waals surface area contributed by atoms with E-state index in [1.807, 2.05) is 11.9 Å². The van der Waals surface area contributed by atoms with E-state index in [1.165, 1.54) is 0 Å². The second-order valence-electron chi connectivity index (χ2n) is 5.52. The van der Waals surface area contributed by atoms with Crippen LogP contribution < -0.4 is 0 Å². The molecule has 0 heterocycles. The monoisotopic (exact) mass is 229 g/mol. The van der Waals surface area contributed by atoms with Crippen molar-refractivity contribution in [1.82, 2.24) is 4.90 Å². The zero-order chi connectivity index (χ0) is 12.3. The van der Waals surface area contributed by atoms with Crippen molar-refractivity contribution in [2.24, 2.45) is 5.41 Å². The van der Waals surface area contributed by atoms with Crippen molar-refractivity contribution in [3.63, 3.8) is 0 Å². The molecule has 1 saturated carbocycles. The maximum absolute atomic E-state index is 11.0. The van der Waals surface area contributed by atoms with Crippen LogP contribution in [0.1, 0.15) is 39.5 Å². The van der Waals surface area contributed by atoms with Crippen LogP contribution in [-0.2, 0) is 4.79 Å². The molecule has 0 radical (unpaired) electrons. The summed E-state index contributed by atoms with van der Waals surface area (Å²) in [5, 5.41) is 19.0. The van der Waals surface area contributed by atoms with Gasteiger partial charge >= 0.3 is 5.97 Å². The smallest absolute Gasteiger partial charge is 0.310 e. The highest BCUT2D eigenvalue weighted by molar-refractivity contribution is 5.73. The molecule has 0 aromatic heterocycles. The predicted molar refractivity (Wildman–Crippen MR) is 62.3 cm³/mol. The highest BCUT2D eigenvalue weighted by Crippen LogP contribution is 2.25. The summed E-state index contributed by atoms with van der Waals surface area (Å²) in [5.41, 5.74) is -0.758. The molecule has 0 amide bonds. The fourth-order valence-electron chi connectivity index (χ4n) is 2.41. The molecule has 0 aromatic rings. The Bertz CT molecular complexity index is 253. The maximum atomic E-state index is 11.0. The Morgan fingerprint density at radius 3 is 2.44 bits per heavy atom. The number of aliphatic hydroxyl groups excluding tert-OH is 1. The van der Waals surface area contributed by atoms with Crippen LogP contribution in [0.5, 0.6) is 0 Å². The standard InChI is InChI=1S/C12H23NO3/c1-12(2,11(15)16)8-13(3)9-6-4-5-7-10(9)14/h9-10,14H,4-8H2,1-3H3,(H,15,16). The van der Waals surface area contributed by atoms with Gasteiger partial charge in [0.2, 0.25) is 0 Å². The zero-order valence-corrected chi connectivity index (χ0v) is 10.4. The maximum Gasteiger partial charge on any atom is 0.310 e. The summed E-state index contributed by atoms with van der Waals surface area (Å²) in [4.78, 5) is 13.0. The minimum atomic E-state index is -0.787. The van der Waals surface area contributed by atoms with Crippen LogP contribution in [0.2, 0.25) is 0 Å². The number of carboxylic acid groups (broad SMARTS) is 1. The van der Waals surface area contributed by atoms with E-state index in [-0.39, 0.29) is 12.1 Å². The number of hydrogen-bond acceptors (Lipinski definition) is 3. The van der Waals surface area contributed by atoms with Gasteiger partial charge in [-0.3, -0.25) is 9.69 Å². The molecule has 4 nitrogen and oxygen atoms in total. The lowest BCUT2D eigenvalue weighted by Gasteiger charge is -2.38. The number of carboxylic acids is 1. The minimum Gasteiger partial charge on any atom is -0.481 e. The van der Waals surface area contributed by atoms with Crippen molar-refractivity contribution >= 4 is 5.97 Å². The second kappa shape index (κ2) is 5.15. The fraction of sp³-hybridized carbons (Fsp3) is 0.917. The lowest BCUT2D eigenvalue weighted by Crippen LogP contribution is -2.48. The topological polar surface area (TPSA) is 60.8 Å². The molecule has 1 rings (SSSR count). The summed E-state index contributed by atoms with van der Waals surface area (Å²) in [6, 6.07) is 0.118. The zero-order valence-electron chi connectivity index (χ0n) is 10.4. The number of carbonyl (C=O) groups is 1. The second-order valence-corrected chi connectivity index (χ2v) is 5.52. The molecule has 0 spiro atoms. The van der Waals surface area contributed by atoms with E-state index in [1.54, 1.807) is 13.8 Å². The molecule has 4 heteroatoms. The van der Waals surface area contributed by atoms with E-state index in [9.17, 15) is 9.90 Å². The molecule has 2 unspecified atom stereocenters. The van der Waals surface area contributed by atoms with E-state index in [0.29, 0.717) is 6.54 Å². The average Bonchev–Trinajstić information content (AvgIpc) is 2.17. The van der Waals surface area contributed by atoms with E-state index in [0.717, 1.165) is 25.7 Å². The molecule has 1 aliphatic carbocycles. The summed E-state index contributed by atoms with van der Waals surface area (Å²) in [6.45, 7) is 3.92. The molecule has 16 heavy (non-hydrogen) atoms. The Morgan fingerprint density at radius 1 is 1.38 bits per heavy atom. The number of rotatable bonds is 4. The largest absolute Gasteiger partial charge is 0.481 e. The van der Waals surface area contributed by atoms with Gasteiger partial charge in [0.05, 0.1) is 11.5 Å². The minimum absolute atomic E-state index is 0.118. The van der Waals surface area contributed by atoms with Crippen LogP contribution in [0.15, 0.2) is 0 Å². The summed E-state index contributed by atoms with van der Waals surface area (Å²) in [7, 11) is 1.91. The molecule has 2 atom stereocenters. The summed E-state index contributed by atoms with van der Waals surface area (Å²) in [5.74, 6) is -0.787. The van der Waals surface area contributed by atoms with E-state index < -0.39 is 11.4 Å². The van der Waals surface area contributed by atoms with Crippen molar-refractivity contribution in [2.75, 3.05) is 13.6 Å². The van der Waals surface area contributed by atoms with Crippen molar-refractivity contribution in [2.45, 2.75) is 51.7 Å². The van der Waals surface area contributed by atoms with Gasteiger partial charge in [0.25, 0.3) is 0 Å². The fourth-order valence-corrected chi connectivity index (χ4v) is 2.41. The Labute approximate surface area is 97.3 Å². The van der Waals surface area contributed by atoms with Gasteiger partial charge < -0.3 is 10.2 Å². The number of aliphatic hydroxyl groups is 1. The molecule has 0 aromatic carbocycles. The molecule has 0 bridgehead atoms. The lowest BCUT2D eigenvalue weighted by atomic mass is 9.88. The van der Waals surface area contributed by atoms with Crippen LogP contribution in [0.25, 0.3) is 0 Å². The first-order valence-electron chi connectivity index (χ1n) is 5.96. The van der Waals surface area contributed by atoms with Gasteiger partial charge in [0, 0.05) is 12.6 Å². The number of aliphatic carboxylic acids is 1. The van der Waals surface area contributed by atoms with Gasteiger partial charge in [-0.15, -0.1) is 0 Å². The van der Waals surface area contributed by atoms with Gasteiger partial charge in [-0.05, 0) is 33.7 Å². The van der Waals surface area contributed by atoms with Gasteiger partial charge in [-0.2, -0.15) is 0 Å². The van der Waals surface area contributed by atoms with E-state index >= 15 is 0 Å². The number of likely N-dealkylation sites (N-methyl/N-ethyl adjacent to an activating group) is 1. The first kappa shape index (κ1) is 13.5. The number of nitrogens with zero attached hydrogens (tertiary/aromatic N) is 1. The predicted octanol–water partition coefficient (Wildman–Crippen LogP) is 1.33.